The molecule has 1 aromatic carbocycles. The summed E-state index contributed by atoms with van der Waals surface area (Å²) in [5.41, 5.74) is 2.25. The van der Waals surface area contributed by atoms with Gasteiger partial charge in [-0.25, -0.2) is 0 Å². The molecular formula is C20H27NOS2. The Bertz CT molecular complexity index is 595. The van der Waals surface area contributed by atoms with Gasteiger partial charge in [0.05, 0.1) is 4.08 Å². The Labute approximate surface area is 153 Å². The number of thioether (sulfide) groups is 2. The molecule has 3 aliphatic rings. The first kappa shape index (κ1) is 16.8. The number of anilines is 1. The maximum Gasteiger partial charge on any atom is 0.227 e. The maximum absolute atomic E-state index is 12.9. The van der Waals surface area contributed by atoms with Crippen molar-refractivity contribution < 1.29 is 4.79 Å². The van der Waals surface area contributed by atoms with Crippen LogP contribution in [-0.2, 0) is 11.2 Å². The van der Waals surface area contributed by atoms with Gasteiger partial charge in [-0.1, -0.05) is 25.5 Å². The van der Waals surface area contributed by atoms with Crippen LogP contribution in [0.25, 0.3) is 0 Å². The van der Waals surface area contributed by atoms with E-state index < -0.39 is 0 Å². The Kier molecular flexibility index (Phi) is 4.88. The van der Waals surface area contributed by atoms with Gasteiger partial charge in [-0.2, -0.15) is 0 Å². The van der Waals surface area contributed by atoms with Crippen LogP contribution in [0.2, 0.25) is 0 Å². The van der Waals surface area contributed by atoms with Crippen molar-refractivity contribution in [3.05, 3.63) is 29.8 Å². The second-order valence-corrected chi connectivity index (χ2v) is 10.5. The lowest BCUT2D eigenvalue weighted by Gasteiger charge is -2.52. The zero-order chi connectivity index (χ0) is 16.6. The highest BCUT2D eigenvalue weighted by Crippen LogP contribution is 2.64. The summed E-state index contributed by atoms with van der Waals surface area (Å²) in [5.74, 6) is 4.54. The highest BCUT2D eigenvalue weighted by Gasteiger charge is 2.55. The molecule has 2 bridgehead atoms. The standard InChI is InChI=1S/C20H27NOS2/c1-2-14-5-3-8-18(11-14)21-19(22)15-12-16-6-4-7-17(13-15)20(16)23-9-10-24-20/h3,5,8,11,15-17H,2,4,6-7,9-10,12-13H2,1H3,(H,21,22)/t16-,17-/m1/s1. The first-order valence-electron chi connectivity index (χ1n) is 9.39. The minimum Gasteiger partial charge on any atom is -0.326 e. The van der Waals surface area contributed by atoms with Gasteiger partial charge in [-0.15, -0.1) is 23.5 Å². The van der Waals surface area contributed by atoms with Gasteiger partial charge in [-0.05, 0) is 61.6 Å². The Morgan fingerprint density at radius 1 is 1.21 bits per heavy atom. The molecule has 2 atom stereocenters. The van der Waals surface area contributed by atoms with Gasteiger partial charge in [0.15, 0.2) is 0 Å². The predicted octanol–water partition coefficient (Wildman–Crippen LogP) is 5.19. The molecule has 1 heterocycles. The van der Waals surface area contributed by atoms with Crippen molar-refractivity contribution in [3.63, 3.8) is 0 Å². The van der Waals surface area contributed by atoms with Gasteiger partial charge in [0.2, 0.25) is 5.91 Å². The lowest BCUT2D eigenvalue weighted by Crippen LogP contribution is -2.48. The largest absolute Gasteiger partial charge is 0.326 e. The number of hydrogen-bond donors (Lipinski definition) is 1. The van der Waals surface area contributed by atoms with E-state index in [1.165, 1.54) is 36.3 Å². The van der Waals surface area contributed by atoms with Crippen molar-refractivity contribution >= 4 is 35.1 Å². The van der Waals surface area contributed by atoms with E-state index in [-0.39, 0.29) is 11.8 Å². The molecule has 0 unspecified atom stereocenters. The molecule has 0 aromatic heterocycles. The second kappa shape index (κ2) is 6.95. The van der Waals surface area contributed by atoms with Crippen molar-refractivity contribution in [2.24, 2.45) is 17.8 Å². The lowest BCUT2D eigenvalue weighted by atomic mass is 9.67. The number of carbonyl (C=O) groups is 1. The quantitative estimate of drug-likeness (QED) is 0.803. The number of hydrogen-bond acceptors (Lipinski definition) is 3. The van der Waals surface area contributed by atoms with Crippen LogP contribution in [0.1, 0.15) is 44.6 Å². The molecule has 1 saturated heterocycles. The monoisotopic (exact) mass is 361 g/mol. The van der Waals surface area contributed by atoms with Crippen LogP contribution in [0.5, 0.6) is 0 Å². The number of rotatable bonds is 3. The average Bonchev–Trinajstić information content (AvgIpc) is 3.04. The van der Waals surface area contributed by atoms with Crippen LogP contribution in [0, 0.1) is 17.8 Å². The van der Waals surface area contributed by atoms with E-state index in [1.807, 2.05) is 12.1 Å². The van der Waals surface area contributed by atoms with Gasteiger partial charge >= 0.3 is 0 Å². The zero-order valence-electron chi connectivity index (χ0n) is 14.4. The summed E-state index contributed by atoms with van der Waals surface area (Å²) in [7, 11) is 0. The zero-order valence-corrected chi connectivity index (χ0v) is 16.1. The Morgan fingerprint density at radius 3 is 2.58 bits per heavy atom. The second-order valence-electron chi connectivity index (χ2n) is 7.45. The Hall–Kier alpha value is -0.610. The molecule has 1 N–H and O–H groups in total. The summed E-state index contributed by atoms with van der Waals surface area (Å²) in [6.45, 7) is 2.15. The molecule has 1 spiro atoms. The first-order valence-corrected chi connectivity index (χ1v) is 11.4. The van der Waals surface area contributed by atoms with E-state index in [0.29, 0.717) is 4.08 Å². The Morgan fingerprint density at radius 2 is 1.92 bits per heavy atom. The van der Waals surface area contributed by atoms with Crippen molar-refractivity contribution in [1.29, 1.82) is 0 Å². The van der Waals surface area contributed by atoms with Crippen LogP contribution in [-0.4, -0.2) is 21.5 Å². The van der Waals surface area contributed by atoms with Gasteiger partial charge in [0.25, 0.3) is 0 Å². The molecule has 24 heavy (non-hydrogen) atoms. The fourth-order valence-electron chi connectivity index (χ4n) is 4.94. The van der Waals surface area contributed by atoms with Gasteiger partial charge in [0.1, 0.15) is 0 Å². The summed E-state index contributed by atoms with van der Waals surface area (Å²) in [5, 5.41) is 3.20. The predicted molar refractivity (Wildman–Crippen MR) is 106 cm³/mol. The summed E-state index contributed by atoms with van der Waals surface area (Å²) in [6.07, 6.45) is 7.21. The van der Waals surface area contributed by atoms with E-state index in [9.17, 15) is 4.79 Å². The third-order valence-corrected chi connectivity index (χ3v) is 10.1. The third kappa shape index (κ3) is 3.01. The van der Waals surface area contributed by atoms with Crippen LogP contribution in [0.3, 0.4) is 0 Å². The van der Waals surface area contributed by atoms with Crippen LogP contribution >= 0.6 is 23.5 Å². The van der Waals surface area contributed by atoms with Crippen LogP contribution < -0.4 is 5.32 Å². The molecule has 2 aliphatic carbocycles. The van der Waals surface area contributed by atoms with E-state index in [1.54, 1.807) is 0 Å². The molecule has 1 aromatic rings. The maximum atomic E-state index is 12.9. The summed E-state index contributed by atoms with van der Waals surface area (Å²) in [6, 6.07) is 8.31. The number of carbonyl (C=O) groups excluding carboxylic acids is 1. The smallest absolute Gasteiger partial charge is 0.227 e. The van der Waals surface area contributed by atoms with Crippen molar-refractivity contribution in [2.75, 3.05) is 16.8 Å². The number of nitrogens with one attached hydrogen (secondary N) is 1. The van der Waals surface area contributed by atoms with Crippen LogP contribution in [0.15, 0.2) is 24.3 Å². The molecule has 1 amide bonds. The lowest BCUT2D eigenvalue weighted by molar-refractivity contribution is -0.122. The molecule has 3 fully saturated rings. The van der Waals surface area contributed by atoms with Crippen LogP contribution in [0.4, 0.5) is 5.69 Å². The third-order valence-electron chi connectivity index (χ3n) is 6.09. The minimum absolute atomic E-state index is 0.206. The molecule has 130 valence electrons. The highest BCUT2D eigenvalue weighted by atomic mass is 32.2. The van der Waals surface area contributed by atoms with E-state index in [4.69, 9.17) is 0 Å². The molecule has 1 aliphatic heterocycles. The van der Waals surface area contributed by atoms with Gasteiger partial charge in [-0.3, -0.25) is 4.79 Å². The van der Waals surface area contributed by atoms with Crippen molar-refractivity contribution in [1.82, 2.24) is 0 Å². The molecular weight excluding hydrogens is 334 g/mol. The van der Waals surface area contributed by atoms with Crippen molar-refractivity contribution in [3.8, 4) is 0 Å². The number of aryl methyl sites for hydroxylation is 1. The van der Waals surface area contributed by atoms with E-state index in [2.05, 4.69) is 47.9 Å². The van der Waals surface area contributed by atoms with Gasteiger partial charge < -0.3 is 5.32 Å². The SMILES string of the molecule is CCc1cccc(NC(=O)C2C[C@H]3CCC[C@H](C2)C32SCCS2)c1. The molecule has 4 heteroatoms. The molecule has 2 saturated carbocycles. The normalized spacial score (nSPS) is 31.1. The Balaban J connectivity index is 1.46. The molecule has 2 nitrogen and oxygen atoms in total. The highest BCUT2D eigenvalue weighted by molar-refractivity contribution is 8.21. The van der Waals surface area contributed by atoms with Crippen molar-refractivity contribution in [2.45, 2.75) is 49.5 Å². The average molecular weight is 362 g/mol. The fraction of sp³-hybridized carbons (Fsp3) is 0.650. The summed E-state index contributed by atoms with van der Waals surface area (Å²) >= 11 is 4.42. The molecule has 0 radical (unpaired) electrons. The number of benzene rings is 1. The summed E-state index contributed by atoms with van der Waals surface area (Å²) in [4.78, 5) is 12.9. The van der Waals surface area contributed by atoms with Gasteiger partial charge in [0, 0.05) is 23.1 Å². The molecule has 4 rings (SSSR count). The summed E-state index contributed by atoms with van der Waals surface area (Å²) < 4.78 is 0.456. The fourth-order valence-corrected chi connectivity index (χ4v) is 8.87. The number of amides is 1. The topological polar surface area (TPSA) is 29.1 Å². The first-order chi connectivity index (χ1) is 11.7. The van der Waals surface area contributed by atoms with E-state index in [0.717, 1.165) is 36.8 Å². The van der Waals surface area contributed by atoms with E-state index >= 15 is 0 Å². The minimum atomic E-state index is 0.206.